The Morgan fingerprint density at radius 3 is 2.87 bits per heavy atom. The molecule has 6 nitrogen and oxygen atoms in total. The van der Waals surface area contributed by atoms with E-state index in [2.05, 4.69) is 20.9 Å². The SMILES string of the molecule is Cc1ccc2oc(-c3cc4ccc(N5CCN6CCCC6C5)cc4oc3=O)cc2n1. The number of benzene rings is 1. The van der Waals surface area contributed by atoms with Crippen molar-refractivity contribution in [3.8, 4) is 11.3 Å². The largest absolute Gasteiger partial charge is 0.454 e. The number of furan rings is 1. The van der Waals surface area contributed by atoms with Gasteiger partial charge in [0.2, 0.25) is 0 Å². The van der Waals surface area contributed by atoms with Crippen LogP contribution in [0.15, 0.2) is 56.1 Å². The fourth-order valence-electron chi connectivity index (χ4n) is 4.85. The molecular weight excluding hydrogens is 378 g/mol. The first-order chi connectivity index (χ1) is 14.6. The summed E-state index contributed by atoms with van der Waals surface area (Å²) in [7, 11) is 0. The highest BCUT2D eigenvalue weighted by Crippen LogP contribution is 2.30. The van der Waals surface area contributed by atoms with Crippen LogP contribution in [0.1, 0.15) is 18.5 Å². The van der Waals surface area contributed by atoms with E-state index in [-0.39, 0.29) is 0 Å². The highest BCUT2D eigenvalue weighted by molar-refractivity contribution is 5.86. The van der Waals surface area contributed by atoms with E-state index < -0.39 is 5.63 Å². The van der Waals surface area contributed by atoms with Crippen molar-refractivity contribution in [1.82, 2.24) is 9.88 Å². The Labute approximate surface area is 173 Å². The van der Waals surface area contributed by atoms with E-state index in [1.54, 1.807) is 6.07 Å². The van der Waals surface area contributed by atoms with Crippen molar-refractivity contribution in [1.29, 1.82) is 0 Å². The Balaban J connectivity index is 1.36. The Morgan fingerprint density at radius 1 is 1.00 bits per heavy atom. The second kappa shape index (κ2) is 6.71. The molecular formula is C24H23N3O3. The van der Waals surface area contributed by atoms with Crippen LogP contribution in [0.5, 0.6) is 0 Å². The Morgan fingerprint density at radius 2 is 1.93 bits per heavy atom. The minimum absolute atomic E-state index is 0.393. The second-order valence-corrected chi connectivity index (χ2v) is 8.39. The Kier molecular flexibility index (Phi) is 3.96. The van der Waals surface area contributed by atoms with Crippen LogP contribution in [0.3, 0.4) is 0 Å². The highest BCUT2D eigenvalue weighted by Gasteiger charge is 2.30. The molecule has 3 aromatic heterocycles. The van der Waals surface area contributed by atoms with Crippen LogP contribution in [0.2, 0.25) is 0 Å². The maximum Gasteiger partial charge on any atom is 0.347 e. The van der Waals surface area contributed by atoms with Gasteiger partial charge in [0, 0.05) is 54.6 Å². The van der Waals surface area contributed by atoms with Gasteiger partial charge < -0.3 is 13.7 Å². The Hall–Kier alpha value is -3.12. The molecule has 0 aliphatic carbocycles. The summed E-state index contributed by atoms with van der Waals surface area (Å²) in [4.78, 5) is 22.2. The van der Waals surface area contributed by atoms with Gasteiger partial charge in [-0.1, -0.05) is 0 Å². The molecule has 2 aliphatic heterocycles. The van der Waals surface area contributed by atoms with E-state index in [9.17, 15) is 4.79 Å². The van der Waals surface area contributed by atoms with E-state index in [0.29, 0.717) is 28.5 Å². The predicted octanol–water partition coefficient (Wildman–Crippen LogP) is 4.19. The lowest BCUT2D eigenvalue weighted by atomic mass is 10.1. The van der Waals surface area contributed by atoms with Gasteiger partial charge in [-0.3, -0.25) is 4.90 Å². The number of nitrogens with zero attached hydrogens (tertiary/aromatic N) is 3. The molecule has 0 bridgehead atoms. The lowest BCUT2D eigenvalue weighted by molar-refractivity contribution is 0.231. The number of aryl methyl sites for hydroxylation is 1. The normalized spacial score (nSPS) is 19.6. The summed E-state index contributed by atoms with van der Waals surface area (Å²) in [5.41, 5.74) is 4.07. The quantitative estimate of drug-likeness (QED) is 0.469. The minimum Gasteiger partial charge on any atom is -0.454 e. The summed E-state index contributed by atoms with van der Waals surface area (Å²) in [6, 6.07) is 14.2. The third-order valence-electron chi connectivity index (χ3n) is 6.45. The maximum atomic E-state index is 12.7. The molecule has 4 aromatic rings. The summed E-state index contributed by atoms with van der Waals surface area (Å²) < 4.78 is 11.6. The van der Waals surface area contributed by atoms with E-state index >= 15 is 0 Å². The monoisotopic (exact) mass is 401 g/mol. The van der Waals surface area contributed by atoms with Crippen molar-refractivity contribution in [2.24, 2.45) is 0 Å². The molecule has 6 rings (SSSR count). The second-order valence-electron chi connectivity index (χ2n) is 8.39. The molecule has 0 spiro atoms. The number of pyridine rings is 1. The van der Waals surface area contributed by atoms with Gasteiger partial charge in [-0.25, -0.2) is 9.78 Å². The van der Waals surface area contributed by atoms with Crippen molar-refractivity contribution in [2.75, 3.05) is 31.1 Å². The molecule has 30 heavy (non-hydrogen) atoms. The number of piperazine rings is 1. The van der Waals surface area contributed by atoms with Gasteiger partial charge >= 0.3 is 5.63 Å². The molecule has 2 fully saturated rings. The number of anilines is 1. The first-order valence-electron chi connectivity index (χ1n) is 10.6. The van der Waals surface area contributed by atoms with Gasteiger partial charge in [-0.05, 0) is 56.6 Å². The van der Waals surface area contributed by atoms with Crippen molar-refractivity contribution in [3.05, 3.63) is 58.6 Å². The molecule has 2 aliphatic rings. The molecule has 0 N–H and O–H groups in total. The van der Waals surface area contributed by atoms with Crippen LogP contribution in [0, 0.1) is 6.92 Å². The lowest BCUT2D eigenvalue weighted by Crippen LogP contribution is -2.50. The summed E-state index contributed by atoms with van der Waals surface area (Å²) in [5, 5.41) is 0.887. The van der Waals surface area contributed by atoms with Crippen molar-refractivity contribution >= 4 is 27.8 Å². The number of hydrogen-bond acceptors (Lipinski definition) is 6. The molecule has 0 saturated carbocycles. The molecule has 6 heteroatoms. The highest BCUT2D eigenvalue weighted by atomic mass is 16.4. The Bertz CT molecular complexity index is 1320. The summed E-state index contributed by atoms with van der Waals surface area (Å²) >= 11 is 0. The molecule has 152 valence electrons. The van der Waals surface area contributed by atoms with Gasteiger partial charge in [0.25, 0.3) is 0 Å². The molecule has 0 radical (unpaired) electrons. The van der Waals surface area contributed by atoms with E-state index in [1.165, 1.54) is 19.4 Å². The van der Waals surface area contributed by atoms with Gasteiger partial charge in [0.1, 0.15) is 22.4 Å². The average Bonchev–Trinajstić information content (AvgIpc) is 3.38. The first kappa shape index (κ1) is 17.7. The van der Waals surface area contributed by atoms with Crippen LogP contribution >= 0.6 is 0 Å². The summed E-state index contributed by atoms with van der Waals surface area (Å²) in [6.45, 7) is 6.31. The third-order valence-corrected chi connectivity index (χ3v) is 6.45. The van der Waals surface area contributed by atoms with E-state index in [1.807, 2.05) is 37.3 Å². The average molecular weight is 401 g/mol. The summed E-state index contributed by atoms with van der Waals surface area (Å²) in [6.07, 6.45) is 2.57. The van der Waals surface area contributed by atoms with E-state index in [0.717, 1.165) is 41.9 Å². The van der Waals surface area contributed by atoms with Crippen molar-refractivity contribution in [2.45, 2.75) is 25.8 Å². The molecule has 1 atom stereocenters. The number of fused-ring (bicyclic) bond motifs is 3. The zero-order chi connectivity index (χ0) is 20.2. The number of hydrogen-bond donors (Lipinski definition) is 0. The molecule has 5 heterocycles. The topological polar surface area (TPSA) is 62.7 Å². The van der Waals surface area contributed by atoms with Crippen molar-refractivity contribution < 1.29 is 8.83 Å². The first-order valence-corrected chi connectivity index (χ1v) is 10.6. The predicted molar refractivity (Wildman–Crippen MR) is 117 cm³/mol. The maximum absolute atomic E-state index is 12.7. The fraction of sp³-hybridized carbons (Fsp3) is 0.333. The molecule has 1 aromatic carbocycles. The standard InChI is InChI=1S/C24H23N3O3/c1-15-4-7-21-20(25-15)13-23(29-21)19-11-16-5-6-17(12-22(16)30-24(19)28)27-10-9-26-8-2-3-18(26)14-27/h4-7,11-13,18H,2-3,8-10,14H2,1H3. The zero-order valence-corrected chi connectivity index (χ0v) is 16.9. The smallest absolute Gasteiger partial charge is 0.347 e. The van der Waals surface area contributed by atoms with Gasteiger partial charge in [0.05, 0.1) is 0 Å². The van der Waals surface area contributed by atoms with Gasteiger partial charge in [0.15, 0.2) is 5.58 Å². The summed E-state index contributed by atoms with van der Waals surface area (Å²) in [5.74, 6) is 0.486. The van der Waals surface area contributed by atoms with Gasteiger partial charge in [-0.2, -0.15) is 0 Å². The van der Waals surface area contributed by atoms with Crippen LogP contribution in [0.25, 0.3) is 33.4 Å². The van der Waals surface area contributed by atoms with Crippen LogP contribution in [0.4, 0.5) is 5.69 Å². The minimum atomic E-state index is -0.393. The molecule has 0 amide bonds. The number of rotatable bonds is 2. The van der Waals surface area contributed by atoms with Gasteiger partial charge in [-0.15, -0.1) is 0 Å². The van der Waals surface area contributed by atoms with Crippen molar-refractivity contribution in [3.63, 3.8) is 0 Å². The zero-order valence-electron chi connectivity index (χ0n) is 16.9. The molecule has 1 unspecified atom stereocenters. The van der Waals surface area contributed by atoms with E-state index in [4.69, 9.17) is 8.83 Å². The van der Waals surface area contributed by atoms with Crippen LogP contribution in [-0.2, 0) is 0 Å². The third kappa shape index (κ3) is 2.91. The fourth-order valence-corrected chi connectivity index (χ4v) is 4.85. The number of aromatic nitrogens is 1. The molecule has 2 saturated heterocycles. The lowest BCUT2D eigenvalue weighted by Gasteiger charge is -2.38. The van der Waals surface area contributed by atoms with Crippen LogP contribution < -0.4 is 10.5 Å². The van der Waals surface area contributed by atoms with Crippen LogP contribution in [-0.4, -0.2) is 42.1 Å².